The zero-order valence-corrected chi connectivity index (χ0v) is 17.7. The monoisotopic (exact) mass is 387 g/mol. The number of hydrogen-bond donors (Lipinski definition) is 2. The Labute approximate surface area is 170 Å². The van der Waals surface area contributed by atoms with Gasteiger partial charge in [-0.15, -0.1) is 0 Å². The van der Waals surface area contributed by atoms with Crippen LogP contribution in [0, 0.1) is 6.92 Å². The van der Waals surface area contributed by atoms with Crippen LogP contribution in [0.4, 0.5) is 0 Å². The molecule has 2 aliphatic rings. The normalized spacial score (nSPS) is 20.7. The molecule has 0 radical (unpaired) electrons. The summed E-state index contributed by atoms with van der Waals surface area (Å²) in [5.41, 5.74) is 2.81. The zero-order valence-electron chi connectivity index (χ0n) is 17.7. The van der Waals surface area contributed by atoms with Crippen LogP contribution in [0.3, 0.4) is 0 Å². The van der Waals surface area contributed by atoms with Crippen molar-refractivity contribution in [3.63, 3.8) is 0 Å². The van der Waals surface area contributed by atoms with Crippen LogP contribution in [0.2, 0.25) is 0 Å². The lowest BCUT2D eigenvalue weighted by Crippen LogP contribution is -2.56. The fourth-order valence-electron chi connectivity index (χ4n) is 4.49. The lowest BCUT2D eigenvalue weighted by Gasteiger charge is -2.47. The molecule has 6 nitrogen and oxygen atoms in total. The van der Waals surface area contributed by atoms with Gasteiger partial charge in [-0.3, -0.25) is 14.9 Å². The quantitative estimate of drug-likeness (QED) is 0.556. The summed E-state index contributed by atoms with van der Waals surface area (Å²) in [5, 5.41) is 6.96. The molecule has 0 spiro atoms. The summed E-state index contributed by atoms with van der Waals surface area (Å²) in [7, 11) is 0. The molecular weight excluding hydrogens is 350 g/mol. The molecule has 1 saturated heterocycles. The number of aryl methyl sites for hydroxylation is 1. The fourth-order valence-corrected chi connectivity index (χ4v) is 4.49. The van der Waals surface area contributed by atoms with Crippen molar-refractivity contribution in [2.45, 2.75) is 57.9 Å². The Hall–Kier alpha value is -1.66. The number of guanidine groups is 1. The van der Waals surface area contributed by atoms with E-state index in [1.807, 2.05) is 12.4 Å². The van der Waals surface area contributed by atoms with Gasteiger partial charge < -0.3 is 15.4 Å². The van der Waals surface area contributed by atoms with Crippen LogP contribution in [0.1, 0.15) is 50.2 Å². The average Bonchev–Trinajstić information content (AvgIpc) is 2.75. The Morgan fingerprint density at radius 2 is 2.00 bits per heavy atom. The van der Waals surface area contributed by atoms with Crippen LogP contribution in [-0.2, 0) is 11.2 Å². The van der Waals surface area contributed by atoms with E-state index in [0.29, 0.717) is 0 Å². The van der Waals surface area contributed by atoms with E-state index in [1.54, 1.807) is 0 Å². The minimum absolute atomic E-state index is 0.214. The van der Waals surface area contributed by atoms with Crippen LogP contribution in [-0.4, -0.2) is 67.3 Å². The molecule has 1 saturated carbocycles. The van der Waals surface area contributed by atoms with Crippen LogP contribution >= 0.6 is 0 Å². The van der Waals surface area contributed by atoms with Crippen LogP contribution < -0.4 is 10.6 Å². The highest BCUT2D eigenvalue weighted by Crippen LogP contribution is 2.34. The van der Waals surface area contributed by atoms with E-state index in [9.17, 15) is 0 Å². The van der Waals surface area contributed by atoms with E-state index in [1.165, 1.54) is 43.2 Å². The van der Waals surface area contributed by atoms with Crippen molar-refractivity contribution in [2.24, 2.45) is 4.99 Å². The summed E-state index contributed by atoms with van der Waals surface area (Å²) >= 11 is 0. The number of morpholine rings is 1. The summed E-state index contributed by atoms with van der Waals surface area (Å²) in [4.78, 5) is 11.9. The van der Waals surface area contributed by atoms with Gasteiger partial charge in [0.1, 0.15) is 0 Å². The zero-order chi connectivity index (χ0) is 19.7. The van der Waals surface area contributed by atoms with Gasteiger partial charge in [-0.1, -0.05) is 19.3 Å². The molecular formula is C22H37N5O. The van der Waals surface area contributed by atoms with Gasteiger partial charge in [0.25, 0.3) is 0 Å². The molecule has 0 aromatic carbocycles. The second-order valence-corrected chi connectivity index (χ2v) is 8.06. The van der Waals surface area contributed by atoms with Crippen LogP contribution in [0.5, 0.6) is 0 Å². The fraction of sp³-hybridized carbons (Fsp3) is 0.727. The topological polar surface area (TPSA) is 61.8 Å². The second-order valence-electron chi connectivity index (χ2n) is 8.06. The van der Waals surface area contributed by atoms with E-state index in [2.05, 4.69) is 40.4 Å². The van der Waals surface area contributed by atoms with Crippen molar-refractivity contribution in [2.75, 3.05) is 45.9 Å². The van der Waals surface area contributed by atoms with Crippen LogP contribution in [0.15, 0.2) is 23.5 Å². The molecule has 2 fully saturated rings. The third kappa shape index (κ3) is 5.67. The van der Waals surface area contributed by atoms with Gasteiger partial charge in [-0.25, -0.2) is 0 Å². The maximum absolute atomic E-state index is 5.60. The van der Waals surface area contributed by atoms with E-state index >= 15 is 0 Å². The number of hydrogen-bond acceptors (Lipinski definition) is 4. The Morgan fingerprint density at radius 3 is 2.71 bits per heavy atom. The molecule has 1 aromatic rings. The van der Waals surface area contributed by atoms with E-state index in [4.69, 9.17) is 9.73 Å². The van der Waals surface area contributed by atoms with E-state index in [0.717, 1.165) is 58.3 Å². The lowest BCUT2D eigenvalue weighted by molar-refractivity contribution is -0.0333. The summed E-state index contributed by atoms with van der Waals surface area (Å²) in [6.07, 6.45) is 11.3. The van der Waals surface area contributed by atoms with Gasteiger partial charge in [0.05, 0.1) is 19.8 Å². The van der Waals surface area contributed by atoms with E-state index in [-0.39, 0.29) is 5.54 Å². The van der Waals surface area contributed by atoms with Crippen molar-refractivity contribution in [1.82, 2.24) is 20.5 Å². The average molecular weight is 388 g/mol. The van der Waals surface area contributed by atoms with Gasteiger partial charge in [-0.2, -0.15) is 0 Å². The Kier molecular flexibility index (Phi) is 8.10. The number of aliphatic imine (C=N–C) groups is 1. The van der Waals surface area contributed by atoms with Crippen molar-refractivity contribution in [3.05, 3.63) is 29.6 Å². The maximum Gasteiger partial charge on any atom is 0.191 e. The molecule has 2 heterocycles. The molecule has 0 unspecified atom stereocenters. The molecule has 0 amide bonds. The predicted octanol–water partition coefficient (Wildman–Crippen LogP) is 2.52. The highest BCUT2D eigenvalue weighted by molar-refractivity contribution is 5.79. The molecule has 2 N–H and O–H groups in total. The number of nitrogens with zero attached hydrogens (tertiary/aromatic N) is 3. The Balaban J connectivity index is 1.61. The van der Waals surface area contributed by atoms with Crippen molar-refractivity contribution in [1.29, 1.82) is 0 Å². The maximum atomic E-state index is 5.60. The summed E-state index contributed by atoms with van der Waals surface area (Å²) in [6.45, 7) is 10.7. The number of nitrogens with one attached hydrogen (secondary N) is 2. The summed E-state index contributed by atoms with van der Waals surface area (Å²) in [6, 6.07) is 2.11. The van der Waals surface area contributed by atoms with Gasteiger partial charge >= 0.3 is 0 Å². The van der Waals surface area contributed by atoms with Crippen molar-refractivity contribution in [3.8, 4) is 0 Å². The molecule has 0 bridgehead atoms. The highest BCUT2D eigenvalue weighted by atomic mass is 16.5. The summed E-state index contributed by atoms with van der Waals surface area (Å²) in [5.74, 6) is 0.937. The second kappa shape index (κ2) is 10.8. The Morgan fingerprint density at radius 1 is 1.21 bits per heavy atom. The lowest BCUT2D eigenvalue weighted by atomic mass is 9.80. The molecule has 0 atom stereocenters. The first-order valence-electron chi connectivity index (χ1n) is 11.0. The third-order valence-corrected chi connectivity index (χ3v) is 6.17. The molecule has 1 aliphatic heterocycles. The largest absolute Gasteiger partial charge is 0.379 e. The highest BCUT2D eigenvalue weighted by Gasteiger charge is 2.38. The SMILES string of the molecule is CCNC(=NCC1(N2CCOCC2)CCCCC1)NCCc1ccncc1C. The van der Waals surface area contributed by atoms with Gasteiger partial charge in [0, 0.05) is 44.1 Å². The van der Waals surface area contributed by atoms with Gasteiger partial charge in [0.15, 0.2) is 5.96 Å². The molecule has 3 rings (SSSR count). The van der Waals surface area contributed by atoms with Crippen LogP contribution in [0.25, 0.3) is 0 Å². The van der Waals surface area contributed by atoms with Gasteiger partial charge in [0.2, 0.25) is 0 Å². The number of aromatic nitrogens is 1. The van der Waals surface area contributed by atoms with E-state index < -0.39 is 0 Å². The predicted molar refractivity (Wildman–Crippen MR) is 115 cm³/mol. The van der Waals surface area contributed by atoms with Crippen molar-refractivity contribution < 1.29 is 4.74 Å². The molecule has 28 heavy (non-hydrogen) atoms. The molecule has 1 aromatic heterocycles. The first-order chi connectivity index (χ1) is 13.7. The smallest absolute Gasteiger partial charge is 0.191 e. The number of pyridine rings is 1. The minimum Gasteiger partial charge on any atom is -0.379 e. The number of rotatable bonds is 7. The minimum atomic E-state index is 0.214. The molecule has 6 heteroatoms. The summed E-state index contributed by atoms with van der Waals surface area (Å²) < 4.78 is 5.60. The molecule has 1 aliphatic carbocycles. The van der Waals surface area contributed by atoms with Gasteiger partial charge in [-0.05, 0) is 50.3 Å². The first-order valence-corrected chi connectivity index (χ1v) is 11.0. The first kappa shape index (κ1) is 21.1. The molecule has 156 valence electrons. The number of ether oxygens (including phenoxy) is 1. The van der Waals surface area contributed by atoms with Crippen molar-refractivity contribution >= 4 is 5.96 Å². The third-order valence-electron chi connectivity index (χ3n) is 6.17. The standard InChI is InChI=1S/C22H37N5O/c1-3-24-21(25-12-8-20-7-11-23-17-19(20)2)26-18-22(9-5-4-6-10-22)27-13-15-28-16-14-27/h7,11,17H,3-6,8-10,12-16,18H2,1-2H3,(H2,24,25,26). The Bertz CT molecular complexity index is 621.